The third kappa shape index (κ3) is 5.73. The number of aromatic nitrogens is 2. The lowest BCUT2D eigenvalue weighted by Gasteiger charge is -2.12. The SMILES string of the molecule is CC(C)C(=O)NCCCc1nc2ccccc2n1CCCOc1ccccc1Cl. The highest BCUT2D eigenvalue weighted by molar-refractivity contribution is 6.32. The Balaban J connectivity index is 1.59. The van der Waals surface area contributed by atoms with Crippen molar-refractivity contribution in [3.05, 3.63) is 59.4 Å². The monoisotopic (exact) mass is 413 g/mol. The molecule has 0 aliphatic carbocycles. The first-order valence-corrected chi connectivity index (χ1v) is 10.5. The van der Waals surface area contributed by atoms with Crippen molar-refractivity contribution in [3.8, 4) is 5.75 Å². The molecule has 1 aromatic heterocycles. The Morgan fingerprint density at radius 1 is 1.14 bits per heavy atom. The molecule has 0 aliphatic rings. The van der Waals surface area contributed by atoms with Gasteiger partial charge in [0.2, 0.25) is 5.91 Å². The van der Waals surface area contributed by atoms with Gasteiger partial charge in [-0.05, 0) is 37.1 Å². The maximum Gasteiger partial charge on any atom is 0.222 e. The second-order valence-corrected chi connectivity index (χ2v) is 7.76. The van der Waals surface area contributed by atoms with Crippen LogP contribution in [-0.4, -0.2) is 28.6 Å². The zero-order valence-corrected chi connectivity index (χ0v) is 17.8. The molecular weight excluding hydrogens is 386 g/mol. The van der Waals surface area contributed by atoms with Crippen LogP contribution in [0.3, 0.4) is 0 Å². The summed E-state index contributed by atoms with van der Waals surface area (Å²) in [6, 6.07) is 15.7. The first-order valence-electron chi connectivity index (χ1n) is 10.2. The maximum atomic E-state index is 11.7. The van der Waals surface area contributed by atoms with E-state index in [9.17, 15) is 4.79 Å². The fourth-order valence-electron chi connectivity index (χ4n) is 3.19. The summed E-state index contributed by atoms with van der Waals surface area (Å²) in [5.41, 5.74) is 2.13. The number of halogens is 1. The molecule has 0 aliphatic heterocycles. The van der Waals surface area contributed by atoms with Gasteiger partial charge in [-0.3, -0.25) is 4.79 Å². The van der Waals surface area contributed by atoms with Gasteiger partial charge < -0.3 is 14.6 Å². The molecule has 3 rings (SSSR count). The van der Waals surface area contributed by atoms with Crippen LogP contribution in [0.5, 0.6) is 5.75 Å². The van der Waals surface area contributed by atoms with Gasteiger partial charge in [-0.2, -0.15) is 0 Å². The van der Waals surface area contributed by atoms with Crippen LogP contribution < -0.4 is 10.1 Å². The maximum absolute atomic E-state index is 11.7. The van der Waals surface area contributed by atoms with Crippen LogP contribution in [0.2, 0.25) is 5.02 Å². The number of benzene rings is 2. The van der Waals surface area contributed by atoms with E-state index in [4.69, 9.17) is 21.3 Å². The lowest BCUT2D eigenvalue weighted by Crippen LogP contribution is -2.28. The number of ether oxygens (including phenoxy) is 1. The molecule has 0 saturated carbocycles. The standard InChI is InChI=1S/C23H28ClN3O2/c1-17(2)23(28)25-14-7-13-22-26-19-10-4-5-11-20(19)27(22)15-8-16-29-21-12-6-3-9-18(21)24/h3-6,9-12,17H,7-8,13-16H2,1-2H3,(H,25,28). The summed E-state index contributed by atoms with van der Waals surface area (Å²) >= 11 is 6.15. The second-order valence-electron chi connectivity index (χ2n) is 7.35. The number of nitrogens with zero attached hydrogens (tertiary/aromatic N) is 2. The molecule has 154 valence electrons. The third-order valence-corrected chi connectivity index (χ3v) is 5.07. The first-order chi connectivity index (χ1) is 14.1. The van der Waals surface area contributed by atoms with Crippen molar-refractivity contribution in [2.45, 2.75) is 39.7 Å². The molecule has 1 heterocycles. The van der Waals surface area contributed by atoms with E-state index >= 15 is 0 Å². The van der Waals surface area contributed by atoms with Crippen molar-refractivity contribution in [1.29, 1.82) is 0 Å². The van der Waals surface area contributed by atoms with E-state index in [1.165, 1.54) is 0 Å². The molecule has 0 saturated heterocycles. The van der Waals surface area contributed by atoms with Gasteiger partial charge in [-0.15, -0.1) is 0 Å². The minimum atomic E-state index is 0.0118. The zero-order chi connectivity index (χ0) is 20.6. The van der Waals surface area contributed by atoms with Crippen LogP contribution in [0, 0.1) is 5.92 Å². The summed E-state index contributed by atoms with van der Waals surface area (Å²) in [5, 5.41) is 3.60. The van der Waals surface area contributed by atoms with E-state index < -0.39 is 0 Å². The Labute approximate surface area is 177 Å². The van der Waals surface area contributed by atoms with E-state index in [-0.39, 0.29) is 11.8 Å². The molecule has 0 unspecified atom stereocenters. The van der Waals surface area contributed by atoms with Crippen molar-refractivity contribution in [1.82, 2.24) is 14.9 Å². The largest absolute Gasteiger partial charge is 0.492 e. The van der Waals surface area contributed by atoms with Crippen LogP contribution in [0.25, 0.3) is 11.0 Å². The van der Waals surface area contributed by atoms with E-state index in [2.05, 4.69) is 16.0 Å². The highest BCUT2D eigenvalue weighted by Gasteiger charge is 2.11. The van der Waals surface area contributed by atoms with Gasteiger partial charge in [0.1, 0.15) is 11.6 Å². The van der Waals surface area contributed by atoms with Gasteiger partial charge in [-0.25, -0.2) is 4.98 Å². The van der Waals surface area contributed by atoms with Crippen LogP contribution in [-0.2, 0) is 17.8 Å². The van der Waals surface area contributed by atoms with E-state index in [0.29, 0.717) is 23.9 Å². The molecule has 0 radical (unpaired) electrons. The average Bonchev–Trinajstić information content (AvgIpc) is 3.07. The number of aryl methyl sites for hydroxylation is 2. The van der Waals surface area contributed by atoms with Crippen molar-refractivity contribution in [2.75, 3.05) is 13.2 Å². The Morgan fingerprint density at radius 3 is 2.69 bits per heavy atom. The molecule has 6 heteroatoms. The predicted octanol–water partition coefficient (Wildman–Crippen LogP) is 4.86. The highest BCUT2D eigenvalue weighted by Crippen LogP contribution is 2.23. The molecular formula is C23H28ClN3O2. The summed E-state index contributed by atoms with van der Waals surface area (Å²) in [5.74, 6) is 1.86. The molecule has 1 N–H and O–H groups in total. The topological polar surface area (TPSA) is 56.2 Å². The van der Waals surface area contributed by atoms with Gasteiger partial charge in [0, 0.05) is 25.4 Å². The molecule has 0 atom stereocenters. The highest BCUT2D eigenvalue weighted by atomic mass is 35.5. The molecule has 29 heavy (non-hydrogen) atoms. The van der Waals surface area contributed by atoms with Crippen molar-refractivity contribution >= 4 is 28.5 Å². The molecule has 3 aromatic rings. The first kappa shape index (κ1) is 21.2. The summed E-state index contributed by atoms with van der Waals surface area (Å²) in [4.78, 5) is 16.5. The zero-order valence-electron chi connectivity index (χ0n) is 17.0. The quantitative estimate of drug-likeness (QED) is 0.483. The van der Waals surface area contributed by atoms with Gasteiger partial charge in [0.15, 0.2) is 0 Å². The number of carbonyl (C=O) groups excluding carboxylic acids is 1. The Hall–Kier alpha value is -2.53. The number of imidazole rings is 1. The van der Waals surface area contributed by atoms with Crippen LogP contribution in [0.1, 0.15) is 32.5 Å². The average molecular weight is 414 g/mol. The summed E-state index contributed by atoms with van der Waals surface area (Å²) < 4.78 is 8.08. The number of para-hydroxylation sites is 3. The number of nitrogens with one attached hydrogen (secondary N) is 1. The normalized spacial score (nSPS) is 11.2. The van der Waals surface area contributed by atoms with Gasteiger partial charge in [0.25, 0.3) is 0 Å². The second kappa shape index (κ2) is 10.3. The number of hydrogen-bond donors (Lipinski definition) is 1. The van der Waals surface area contributed by atoms with Crippen LogP contribution in [0.15, 0.2) is 48.5 Å². The fourth-order valence-corrected chi connectivity index (χ4v) is 3.38. The Bertz CT molecular complexity index is 952. The fraction of sp³-hybridized carbons (Fsp3) is 0.391. The minimum absolute atomic E-state index is 0.0118. The molecule has 0 bridgehead atoms. The molecule has 1 amide bonds. The van der Waals surface area contributed by atoms with E-state index in [0.717, 1.165) is 42.7 Å². The lowest BCUT2D eigenvalue weighted by molar-refractivity contribution is -0.123. The van der Waals surface area contributed by atoms with E-state index in [1.54, 1.807) is 0 Å². The van der Waals surface area contributed by atoms with Gasteiger partial charge in [0.05, 0.1) is 22.7 Å². The van der Waals surface area contributed by atoms with Crippen molar-refractivity contribution in [3.63, 3.8) is 0 Å². The predicted molar refractivity (Wildman–Crippen MR) is 117 cm³/mol. The Morgan fingerprint density at radius 2 is 1.90 bits per heavy atom. The minimum Gasteiger partial charge on any atom is -0.492 e. The number of hydrogen-bond acceptors (Lipinski definition) is 3. The summed E-state index contributed by atoms with van der Waals surface area (Å²) in [6.45, 7) is 5.87. The smallest absolute Gasteiger partial charge is 0.222 e. The third-order valence-electron chi connectivity index (χ3n) is 4.75. The van der Waals surface area contributed by atoms with Gasteiger partial charge >= 0.3 is 0 Å². The van der Waals surface area contributed by atoms with Crippen LogP contribution in [0.4, 0.5) is 0 Å². The lowest BCUT2D eigenvalue weighted by atomic mass is 10.2. The van der Waals surface area contributed by atoms with Crippen LogP contribution >= 0.6 is 11.6 Å². The van der Waals surface area contributed by atoms with Crippen molar-refractivity contribution in [2.24, 2.45) is 5.92 Å². The molecule has 0 fully saturated rings. The van der Waals surface area contributed by atoms with Crippen molar-refractivity contribution < 1.29 is 9.53 Å². The molecule has 2 aromatic carbocycles. The van der Waals surface area contributed by atoms with Gasteiger partial charge in [-0.1, -0.05) is 49.7 Å². The number of amides is 1. The number of fused-ring (bicyclic) bond motifs is 1. The Kier molecular flexibility index (Phi) is 7.53. The number of rotatable bonds is 10. The van der Waals surface area contributed by atoms with E-state index in [1.807, 2.05) is 56.3 Å². The molecule has 0 spiro atoms. The summed E-state index contributed by atoms with van der Waals surface area (Å²) in [6.07, 6.45) is 2.53. The number of carbonyl (C=O) groups is 1. The summed E-state index contributed by atoms with van der Waals surface area (Å²) in [7, 11) is 0. The molecule has 5 nitrogen and oxygen atoms in total.